The number of benzene rings is 3. The van der Waals surface area contributed by atoms with Crippen molar-refractivity contribution in [3.05, 3.63) is 88.9 Å². The molecule has 0 saturated heterocycles. The molecule has 0 aliphatic rings. The number of rotatable bonds is 9. The Balaban J connectivity index is 1.64. The first-order valence-electron chi connectivity index (χ1n) is 9.91. The third-order valence-electron chi connectivity index (χ3n) is 4.16. The minimum Gasteiger partial charge on any atom is -0.446 e. The van der Waals surface area contributed by atoms with Crippen LogP contribution < -0.4 is 20.2 Å². The lowest BCUT2D eigenvalue weighted by atomic mass is 10.2. The van der Waals surface area contributed by atoms with Crippen molar-refractivity contribution in [2.45, 2.75) is 19.6 Å². The maximum Gasteiger partial charge on any atom is 0.323 e. The Labute approximate surface area is 201 Å². The second-order valence-electron chi connectivity index (χ2n) is 6.89. The molecule has 0 saturated carbocycles. The minimum absolute atomic E-state index is 0.00404. The van der Waals surface area contributed by atoms with Gasteiger partial charge < -0.3 is 14.8 Å². The molecule has 0 aliphatic heterocycles. The van der Waals surface area contributed by atoms with Gasteiger partial charge in [-0.25, -0.2) is 5.43 Å². The van der Waals surface area contributed by atoms with Crippen molar-refractivity contribution < 1.29 is 19.1 Å². The van der Waals surface area contributed by atoms with Crippen molar-refractivity contribution in [2.24, 2.45) is 5.10 Å². The molecule has 3 aromatic rings. The first-order valence-corrected chi connectivity index (χ1v) is 10.7. The zero-order chi connectivity index (χ0) is 23.6. The molecule has 7 nitrogen and oxygen atoms in total. The Kier molecular flexibility index (Phi) is 8.69. The molecule has 3 rings (SSSR count). The number of hydrogen-bond acceptors (Lipinski definition) is 5. The van der Waals surface area contributed by atoms with E-state index in [9.17, 15) is 9.59 Å². The first kappa shape index (κ1) is 24.1. The molecule has 170 valence electrons. The van der Waals surface area contributed by atoms with E-state index in [1.54, 1.807) is 67.6 Å². The Morgan fingerprint density at radius 2 is 1.36 bits per heavy atom. The van der Waals surface area contributed by atoms with E-state index in [1.165, 1.54) is 0 Å². The lowest BCUT2D eigenvalue weighted by Gasteiger charge is -2.19. The third kappa shape index (κ3) is 8.14. The van der Waals surface area contributed by atoms with Crippen molar-refractivity contribution in [2.75, 3.05) is 5.32 Å². The van der Waals surface area contributed by atoms with Crippen LogP contribution in [0, 0.1) is 0 Å². The number of carbonyl (C=O) groups excluding carboxylic acids is 2. The van der Waals surface area contributed by atoms with Gasteiger partial charge in [0.25, 0.3) is 0 Å². The zero-order valence-corrected chi connectivity index (χ0v) is 19.1. The monoisotopic (exact) mass is 485 g/mol. The lowest BCUT2D eigenvalue weighted by molar-refractivity contribution is -0.140. The van der Waals surface area contributed by atoms with Gasteiger partial charge in [-0.2, -0.15) is 5.10 Å². The van der Waals surface area contributed by atoms with Crippen molar-refractivity contribution >= 4 is 46.4 Å². The van der Waals surface area contributed by atoms with Crippen LogP contribution in [0.4, 0.5) is 5.69 Å². The van der Waals surface area contributed by atoms with Crippen LogP contribution >= 0.6 is 23.2 Å². The number of para-hydroxylation sites is 1. The van der Waals surface area contributed by atoms with E-state index >= 15 is 0 Å². The highest BCUT2D eigenvalue weighted by molar-refractivity contribution is 6.30. The van der Waals surface area contributed by atoms with Gasteiger partial charge in [0.1, 0.15) is 11.5 Å². The van der Waals surface area contributed by atoms with Gasteiger partial charge in [-0.1, -0.05) is 41.4 Å². The predicted octanol–water partition coefficient (Wildman–Crippen LogP) is 5.30. The fourth-order valence-corrected chi connectivity index (χ4v) is 2.86. The van der Waals surface area contributed by atoms with E-state index in [0.717, 1.165) is 0 Å². The molecular weight excluding hydrogens is 465 g/mol. The second-order valence-corrected chi connectivity index (χ2v) is 7.76. The fraction of sp³-hybridized carbons (Fsp3) is 0.125. The van der Waals surface area contributed by atoms with Crippen LogP contribution in [-0.4, -0.2) is 23.8 Å². The molecule has 0 spiro atoms. The Morgan fingerprint density at radius 1 is 0.848 bits per heavy atom. The summed E-state index contributed by atoms with van der Waals surface area (Å²) in [6, 6.07) is 22.0. The summed E-state index contributed by atoms with van der Waals surface area (Å²) >= 11 is 11.8. The van der Waals surface area contributed by atoms with Crippen LogP contribution in [0.1, 0.15) is 13.3 Å². The van der Waals surface area contributed by atoms with Gasteiger partial charge in [0.05, 0.1) is 6.42 Å². The molecule has 0 heterocycles. The van der Waals surface area contributed by atoms with Crippen molar-refractivity contribution in [3.8, 4) is 11.5 Å². The zero-order valence-electron chi connectivity index (χ0n) is 17.6. The van der Waals surface area contributed by atoms with Gasteiger partial charge in [0.15, 0.2) is 0 Å². The average Bonchev–Trinajstić information content (AvgIpc) is 2.80. The topological polar surface area (TPSA) is 89.0 Å². The predicted molar refractivity (Wildman–Crippen MR) is 129 cm³/mol. The number of anilines is 1. The summed E-state index contributed by atoms with van der Waals surface area (Å²) in [6.07, 6.45) is -1.36. The summed E-state index contributed by atoms with van der Waals surface area (Å²) < 4.78 is 11.4. The number of carbonyl (C=O) groups is 2. The van der Waals surface area contributed by atoms with Crippen LogP contribution in [0.5, 0.6) is 11.5 Å². The number of nitrogens with zero attached hydrogens (tertiary/aromatic N) is 1. The molecule has 0 radical (unpaired) electrons. The lowest BCUT2D eigenvalue weighted by Crippen LogP contribution is -2.40. The third-order valence-corrected chi connectivity index (χ3v) is 4.66. The molecule has 9 heteroatoms. The largest absolute Gasteiger partial charge is 0.446 e. The van der Waals surface area contributed by atoms with Gasteiger partial charge in [-0.05, 0) is 67.6 Å². The van der Waals surface area contributed by atoms with Gasteiger partial charge in [0, 0.05) is 21.4 Å². The summed E-state index contributed by atoms with van der Waals surface area (Å²) in [5.41, 5.74) is 3.45. The van der Waals surface area contributed by atoms with Gasteiger partial charge in [-0.15, -0.1) is 0 Å². The normalized spacial score (nSPS) is 11.1. The van der Waals surface area contributed by atoms with E-state index in [2.05, 4.69) is 15.8 Å². The summed E-state index contributed by atoms with van der Waals surface area (Å²) in [7, 11) is 0. The molecule has 0 fully saturated rings. The standard InChI is InChI=1S/C24H21Cl2N3O4/c1-16(15-22(30)27-19-5-3-2-4-6-19)28-29-23(31)24(32-20-11-7-17(25)8-12-20)33-21-13-9-18(26)10-14-21/h2-14,24H,15H2,1H3,(H,27,30)(H,29,31). The van der Waals surface area contributed by atoms with E-state index in [-0.39, 0.29) is 12.3 Å². The highest BCUT2D eigenvalue weighted by atomic mass is 35.5. The molecule has 33 heavy (non-hydrogen) atoms. The van der Waals surface area contributed by atoms with Gasteiger partial charge >= 0.3 is 12.2 Å². The van der Waals surface area contributed by atoms with Crippen LogP contribution in [-0.2, 0) is 9.59 Å². The molecule has 3 aromatic carbocycles. The molecule has 0 bridgehead atoms. The van der Waals surface area contributed by atoms with Crippen LogP contribution in [0.3, 0.4) is 0 Å². The van der Waals surface area contributed by atoms with Gasteiger partial charge in [-0.3, -0.25) is 9.59 Å². The SMILES string of the molecule is CC(CC(=O)Nc1ccccc1)=NNC(=O)C(Oc1ccc(Cl)cc1)Oc1ccc(Cl)cc1. The minimum atomic E-state index is -1.36. The smallest absolute Gasteiger partial charge is 0.323 e. The summed E-state index contributed by atoms with van der Waals surface area (Å²) in [5.74, 6) is -0.182. The molecule has 0 aliphatic carbocycles. The number of nitrogens with one attached hydrogen (secondary N) is 2. The first-order chi connectivity index (χ1) is 15.9. The van der Waals surface area contributed by atoms with Crippen LogP contribution in [0.25, 0.3) is 0 Å². The Hall–Kier alpha value is -3.55. The Morgan fingerprint density at radius 3 is 1.88 bits per heavy atom. The van der Waals surface area contributed by atoms with E-state index in [1.807, 2.05) is 18.2 Å². The number of amides is 2. The quantitative estimate of drug-likeness (QED) is 0.244. The van der Waals surface area contributed by atoms with Crippen LogP contribution in [0.2, 0.25) is 10.0 Å². The highest BCUT2D eigenvalue weighted by Crippen LogP contribution is 2.20. The van der Waals surface area contributed by atoms with E-state index < -0.39 is 12.2 Å². The van der Waals surface area contributed by atoms with Crippen molar-refractivity contribution in [3.63, 3.8) is 0 Å². The molecule has 0 aromatic heterocycles. The maximum atomic E-state index is 12.7. The van der Waals surface area contributed by atoms with Crippen LogP contribution in [0.15, 0.2) is 84.0 Å². The molecule has 2 N–H and O–H groups in total. The van der Waals surface area contributed by atoms with Crippen molar-refractivity contribution in [1.29, 1.82) is 0 Å². The number of ether oxygens (including phenoxy) is 2. The number of halogens is 2. The highest BCUT2D eigenvalue weighted by Gasteiger charge is 2.23. The second kappa shape index (κ2) is 11.9. The molecule has 0 unspecified atom stereocenters. The number of hydrogen-bond donors (Lipinski definition) is 2. The Bertz CT molecular complexity index is 1060. The summed E-state index contributed by atoms with van der Waals surface area (Å²) in [6.45, 7) is 1.62. The molecule has 0 atom stereocenters. The molecular formula is C24H21Cl2N3O4. The molecule has 2 amide bonds. The number of hydrazone groups is 1. The summed E-state index contributed by atoms with van der Waals surface area (Å²) in [5, 5.41) is 7.79. The summed E-state index contributed by atoms with van der Waals surface area (Å²) in [4.78, 5) is 24.9. The van der Waals surface area contributed by atoms with Gasteiger partial charge in [0.2, 0.25) is 5.91 Å². The fourth-order valence-electron chi connectivity index (χ4n) is 2.61. The average molecular weight is 486 g/mol. The van der Waals surface area contributed by atoms with E-state index in [4.69, 9.17) is 32.7 Å². The maximum absolute atomic E-state index is 12.7. The van der Waals surface area contributed by atoms with E-state index in [0.29, 0.717) is 32.9 Å². The van der Waals surface area contributed by atoms with Crippen molar-refractivity contribution in [1.82, 2.24) is 5.43 Å².